The van der Waals surface area contributed by atoms with Gasteiger partial charge in [-0.1, -0.05) is 26.8 Å². The van der Waals surface area contributed by atoms with E-state index in [2.05, 4.69) is 36.0 Å². The Morgan fingerprint density at radius 2 is 2.05 bits per heavy atom. The fourth-order valence-corrected chi connectivity index (χ4v) is 3.05. The molecule has 0 aliphatic rings. The minimum absolute atomic E-state index is 0.0205. The molecule has 0 bridgehead atoms. The SMILES string of the molecule is CC(C)(C)c1nc2ccc(-c3cc(C(=O)O)[nH]n3)cc2s1. The third-order valence-electron chi connectivity index (χ3n) is 3.13. The number of nitrogens with one attached hydrogen (secondary N) is 1. The van der Waals surface area contributed by atoms with Crippen molar-refractivity contribution >= 4 is 27.5 Å². The quantitative estimate of drug-likeness (QED) is 0.756. The molecule has 2 N–H and O–H groups in total. The number of carboxylic acid groups (broad SMARTS) is 1. The number of H-pyrrole nitrogens is 1. The minimum atomic E-state index is -1.01. The molecule has 1 aromatic carbocycles. The lowest BCUT2D eigenvalue weighted by molar-refractivity contribution is 0.0690. The van der Waals surface area contributed by atoms with E-state index in [1.807, 2.05) is 18.2 Å². The molecule has 0 aliphatic heterocycles. The Hall–Kier alpha value is -2.21. The van der Waals surface area contributed by atoms with Crippen LogP contribution in [0.3, 0.4) is 0 Å². The Morgan fingerprint density at radius 1 is 1.29 bits per heavy atom. The van der Waals surface area contributed by atoms with Gasteiger partial charge in [-0.3, -0.25) is 5.10 Å². The summed E-state index contributed by atoms with van der Waals surface area (Å²) in [5.74, 6) is -1.01. The molecule has 6 heteroatoms. The first-order chi connectivity index (χ1) is 9.84. The number of thiazole rings is 1. The van der Waals surface area contributed by atoms with Gasteiger partial charge in [-0.25, -0.2) is 9.78 Å². The van der Waals surface area contributed by atoms with E-state index in [0.717, 1.165) is 20.8 Å². The Labute approximate surface area is 125 Å². The number of carboxylic acids is 1. The lowest BCUT2D eigenvalue weighted by atomic mass is 9.98. The number of carbonyl (C=O) groups is 1. The Balaban J connectivity index is 2.05. The van der Waals surface area contributed by atoms with Crippen LogP contribution in [0, 0.1) is 0 Å². The average Bonchev–Trinajstić information content (AvgIpc) is 3.04. The van der Waals surface area contributed by atoms with Crippen LogP contribution in [-0.4, -0.2) is 26.3 Å². The van der Waals surface area contributed by atoms with Crippen molar-refractivity contribution in [1.82, 2.24) is 15.2 Å². The Kier molecular flexibility index (Phi) is 3.06. The molecule has 0 saturated carbocycles. The fraction of sp³-hybridized carbons (Fsp3) is 0.267. The number of aromatic amines is 1. The molecule has 0 unspecified atom stereocenters. The number of aromatic nitrogens is 3. The third-order valence-corrected chi connectivity index (χ3v) is 4.58. The van der Waals surface area contributed by atoms with Crippen molar-refractivity contribution in [3.63, 3.8) is 0 Å². The molecule has 2 heterocycles. The maximum atomic E-state index is 10.9. The number of rotatable bonds is 2. The molecule has 0 atom stereocenters. The molecular weight excluding hydrogens is 286 g/mol. The molecule has 21 heavy (non-hydrogen) atoms. The molecule has 0 amide bonds. The molecule has 0 radical (unpaired) electrons. The first-order valence-electron chi connectivity index (χ1n) is 6.55. The van der Waals surface area contributed by atoms with Gasteiger partial charge < -0.3 is 5.11 Å². The molecule has 0 aliphatic carbocycles. The molecular formula is C15H15N3O2S. The van der Waals surface area contributed by atoms with Gasteiger partial charge in [0, 0.05) is 11.0 Å². The van der Waals surface area contributed by atoms with Gasteiger partial charge in [0.25, 0.3) is 0 Å². The lowest BCUT2D eigenvalue weighted by Crippen LogP contribution is -2.09. The topological polar surface area (TPSA) is 78.9 Å². The van der Waals surface area contributed by atoms with E-state index >= 15 is 0 Å². The van der Waals surface area contributed by atoms with Crippen molar-refractivity contribution in [3.8, 4) is 11.3 Å². The summed E-state index contributed by atoms with van der Waals surface area (Å²) in [5, 5.41) is 16.6. The molecule has 108 valence electrons. The lowest BCUT2D eigenvalue weighted by Gasteiger charge is -2.13. The van der Waals surface area contributed by atoms with E-state index in [-0.39, 0.29) is 11.1 Å². The summed E-state index contributed by atoms with van der Waals surface area (Å²) >= 11 is 1.66. The van der Waals surface area contributed by atoms with E-state index in [4.69, 9.17) is 5.11 Å². The fourth-order valence-electron chi connectivity index (χ4n) is 1.98. The van der Waals surface area contributed by atoms with Crippen LogP contribution in [0.25, 0.3) is 21.5 Å². The van der Waals surface area contributed by atoms with Crippen LogP contribution in [0.15, 0.2) is 24.3 Å². The maximum Gasteiger partial charge on any atom is 0.353 e. The summed E-state index contributed by atoms with van der Waals surface area (Å²) in [7, 11) is 0. The molecule has 5 nitrogen and oxygen atoms in total. The smallest absolute Gasteiger partial charge is 0.353 e. The van der Waals surface area contributed by atoms with Gasteiger partial charge in [0.05, 0.1) is 20.9 Å². The van der Waals surface area contributed by atoms with Crippen molar-refractivity contribution in [2.24, 2.45) is 0 Å². The number of aromatic carboxylic acids is 1. The minimum Gasteiger partial charge on any atom is -0.477 e. The van der Waals surface area contributed by atoms with Crippen molar-refractivity contribution < 1.29 is 9.90 Å². The van der Waals surface area contributed by atoms with Crippen LogP contribution in [0.1, 0.15) is 36.3 Å². The van der Waals surface area contributed by atoms with Crippen LogP contribution in [0.4, 0.5) is 0 Å². The molecule has 0 spiro atoms. The summed E-state index contributed by atoms with van der Waals surface area (Å²) in [6, 6.07) is 7.40. The maximum absolute atomic E-state index is 10.9. The standard InChI is InChI=1S/C15H15N3O2S/c1-15(2,3)14-16-9-5-4-8(6-12(9)21-14)10-7-11(13(19)20)18-17-10/h4-7H,1-3H3,(H,17,18)(H,19,20). The zero-order valence-electron chi connectivity index (χ0n) is 12.0. The predicted octanol–water partition coefficient (Wildman–Crippen LogP) is 3.68. The van der Waals surface area contributed by atoms with Gasteiger partial charge in [-0.15, -0.1) is 11.3 Å². The largest absolute Gasteiger partial charge is 0.477 e. The number of hydrogen-bond acceptors (Lipinski definition) is 4. The second-order valence-corrected chi connectivity index (χ2v) is 6.95. The van der Waals surface area contributed by atoms with Gasteiger partial charge in [0.1, 0.15) is 5.69 Å². The average molecular weight is 301 g/mol. The normalized spacial score (nSPS) is 12.0. The molecule has 2 aromatic heterocycles. The highest BCUT2D eigenvalue weighted by atomic mass is 32.1. The van der Waals surface area contributed by atoms with E-state index in [9.17, 15) is 4.79 Å². The van der Waals surface area contributed by atoms with Crippen molar-refractivity contribution in [2.45, 2.75) is 26.2 Å². The highest BCUT2D eigenvalue weighted by molar-refractivity contribution is 7.18. The second-order valence-electron chi connectivity index (χ2n) is 5.92. The van der Waals surface area contributed by atoms with Crippen LogP contribution in [-0.2, 0) is 5.41 Å². The van der Waals surface area contributed by atoms with E-state index in [1.165, 1.54) is 6.07 Å². The second kappa shape index (κ2) is 4.66. The highest BCUT2D eigenvalue weighted by Crippen LogP contribution is 2.33. The number of hydrogen-bond donors (Lipinski definition) is 2. The van der Waals surface area contributed by atoms with Gasteiger partial charge in [0.2, 0.25) is 0 Å². The summed E-state index contributed by atoms with van der Waals surface area (Å²) in [6.45, 7) is 6.41. The molecule has 3 rings (SSSR count). The van der Waals surface area contributed by atoms with E-state index in [1.54, 1.807) is 11.3 Å². The number of nitrogens with zero attached hydrogens (tertiary/aromatic N) is 2. The first-order valence-corrected chi connectivity index (χ1v) is 7.36. The zero-order valence-corrected chi connectivity index (χ0v) is 12.8. The first kappa shape index (κ1) is 13.8. The Morgan fingerprint density at radius 3 is 2.67 bits per heavy atom. The molecule has 3 aromatic rings. The van der Waals surface area contributed by atoms with Crippen LogP contribution < -0.4 is 0 Å². The molecule has 0 saturated heterocycles. The van der Waals surface area contributed by atoms with Crippen molar-refractivity contribution in [1.29, 1.82) is 0 Å². The van der Waals surface area contributed by atoms with E-state index < -0.39 is 5.97 Å². The van der Waals surface area contributed by atoms with E-state index in [0.29, 0.717) is 5.69 Å². The number of fused-ring (bicyclic) bond motifs is 1. The summed E-state index contributed by atoms with van der Waals surface area (Å²) < 4.78 is 1.08. The summed E-state index contributed by atoms with van der Waals surface area (Å²) in [5.41, 5.74) is 2.58. The van der Waals surface area contributed by atoms with Crippen LogP contribution >= 0.6 is 11.3 Å². The Bertz CT molecular complexity index is 827. The van der Waals surface area contributed by atoms with Crippen LogP contribution in [0.2, 0.25) is 0 Å². The summed E-state index contributed by atoms with van der Waals surface area (Å²) in [6.07, 6.45) is 0. The summed E-state index contributed by atoms with van der Waals surface area (Å²) in [4.78, 5) is 15.5. The van der Waals surface area contributed by atoms with Gasteiger partial charge in [0.15, 0.2) is 0 Å². The van der Waals surface area contributed by atoms with Gasteiger partial charge in [-0.2, -0.15) is 5.10 Å². The van der Waals surface area contributed by atoms with Crippen molar-refractivity contribution in [2.75, 3.05) is 0 Å². The third kappa shape index (κ3) is 2.54. The predicted molar refractivity (Wildman–Crippen MR) is 82.9 cm³/mol. The number of benzene rings is 1. The van der Waals surface area contributed by atoms with Crippen molar-refractivity contribution in [3.05, 3.63) is 35.0 Å². The molecule has 0 fully saturated rings. The van der Waals surface area contributed by atoms with Gasteiger partial charge >= 0.3 is 5.97 Å². The highest BCUT2D eigenvalue weighted by Gasteiger charge is 2.19. The van der Waals surface area contributed by atoms with Crippen LogP contribution in [0.5, 0.6) is 0 Å². The van der Waals surface area contributed by atoms with Gasteiger partial charge in [-0.05, 0) is 18.2 Å². The zero-order chi connectivity index (χ0) is 15.2. The monoisotopic (exact) mass is 301 g/mol.